The maximum Gasteiger partial charge on any atom is 0.478 e. The number of benzene rings is 1. The molecule has 9 heteroatoms. The second-order valence-electron chi connectivity index (χ2n) is 6.55. The molecule has 0 radical (unpaired) electrons. The molecule has 1 aliphatic rings. The molecule has 1 aromatic carbocycles. The first kappa shape index (κ1) is 18.4. The molecule has 8 nitrogen and oxygen atoms in total. The fourth-order valence-corrected chi connectivity index (χ4v) is 3.33. The molecular weight excluding hydrogens is 337 g/mol. The normalized spacial score (nSPS) is 20.3. The van der Waals surface area contributed by atoms with Gasteiger partial charge in [-0.05, 0) is 31.9 Å². The molecule has 2 atom stereocenters. The molecule has 1 aliphatic heterocycles. The highest BCUT2D eigenvalue weighted by Gasteiger charge is 2.36. The number of rotatable bonds is 6. The summed E-state index contributed by atoms with van der Waals surface area (Å²) in [5, 5.41) is 21.6. The van der Waals surface area contributed by atoms with Crippen molar-refractivity contribution in [2.45, 2.75) is 51.2 Å². The molecule has 0 bridgehead atoms. The number of carbonyl (C=O) groups is 2. The number of carboxylic acid groups (broad SMARTS) is 1. The molecule has 3 rings (SSSR count). The highest BCUT2D eigenvalue weighted by molar-refractivity contribution is 6.45. The number of para-hydroxylation sites is 2. The number of aryl methyl sites for hydroxylation is 2. The number of fused-ring (bicyclic) bond motifs is 1. The SMILES string of the molecule is Cc1nc2ccccc2n1CCC(=O)NC1CCC(CC(=O)O)OB1O. The van der Waals surface area contributed by atoms with Gasteiger partial charge in [0.2, 0.25) is 5.91 Å². The van der Waals surface area contributed by atoms with E-state index in [0.717, 1.165) is 16.9 Å². The van der Waals surface area contributed by atoms with Crippen molar-refractivity contribution >= 4 is 30.0 Å². The van der Waals surface area contributed by atoms with Crippen molar-refractivity contribution in [3.05, 3.63) is 30.1 Å². The lowest BCUT2D eigenvalue weighted by molar-refractivity contribution is -0.139. The van der Waals surface area contributed by atoms with Crippen LogP contribution >= 0.6 is 0 Å². The monoisotopic (exact) mass is 359 g/mol. The van der Waals surface area contributed by atoms with Crippen molar-refractivity contribution in [2.75, 3.05) is 0 Å². The fraction of sp³-hybridized carbons (Fsp3) is 0.471. The van der Waals surface area contributed by atoms with E-state index in [1.807, 2.05) is 35.8 Å². The van der Waals surface area contributed by atoms with Crippen LogP contribution in [0.15, 0.2) is 24.3 Å². The van der Waals surface area contributed by atoms with Crippen molar-refractivity contribution in [1.82, 2.24) is 14.9 Å². The van der Waals surface area contributed by atoms with Crippen molar-refractivity contribution in [1.29, 1.82) is 0 Å². The second-order valence-corrected chi connectivity index (χ2v) is 6.55. The van der Waals surface area contributed by atoms with E-state index in [-0.39, 0.29) is 18.7 Å². The summed E-state index contributed by atoms with van der Waals surface area (Å²) in [5.74, 6) is -0.830. The molecule has 1 fully saturated rings. The largest absolute Gasteiger partial charge is 0.481 e. The van der Waals surface area contributed by atoms with Crippen LogP contribution in [0.4, 0.5) is 0 Å². The Morgan fingerprint density at radius 2 is 2.15 bits per heavy atom. The Morgan fingerprint density at radius 3 is 2.88 bits per heavy atom. The number of carboxylic acids is 1. The Kier molecular flexibility index (Phi) is 5.58. The Bertz CT molecular complexity index is 809. The first-order valence-electron chi connectivity index (χ1n) is 8.70. The van der Waals surface area contributed by atoms with Crippen LogP contribution in [0.2, 0.25) is 0 Å². The van der Waals surface area contributed by atoms with Crippen LogP contribution in [0.1, 0.15) is 31.5 Å². The first-order valence-corrected chi connectivity index (χ1v) is 8.70. The summed E-state index contributed by atoms with van der Waals surface area (Å²) >= 11 is 0. The average Bonchev–Trinajstić information content (AvgIpc) is 2.90. The van der Waals surface area contributed by atoms with E-state index in [9.17, 15) is 14.6 Å². The van der Waals surface area contributed by atoms with Gasteiger partial charge < -0.3 is 24.7 Å². The number of aromatic nitrogens is 2. The molecule has 2 heterocycles. The predicted octanol–water partition coefficient (Wildman–Crippen LogP) is 0.893. The lowest BCUT2D eigenvalue weighted by atomic mass is 9.72. The van der Waals surface area contributed by atoms with Crippen molar-refractivity contribution in [3.63, 3.8) is 0 Å². The average molecular weight is 359 g/mol. The third-order valence-corrected chi connectivity index (χ3v) is 4.63. The summed E-state index contributed by atoms with van der Waals surface area (Å²) in [6.45, 7) is 2.39. The Morgan fingerprint density at radius 1 is 1.38 bits per heavy atom. The molecule has 2 unspecified atom stereocenters. The molecule has 1 amide bonds. The van der Waals surface area contributed by atoms with Crippen LogP contribution in [-0.4, -0.2) is 50.7 Å². The topological polar surface area (TPSA) is 114 Å². The van der Waals surface area contributed by atoms with Gasteiger partial charge in [0.1, 0.15) is 5.82 Å². The minimum atomic E-state index is -1.19. The van der Waals surface area contributed by atoms with E-state index in [4.69, 9.17) is 9.76 Å². The molecule has 1 aromatic heterocycles. The number of amides is 1. The molecule has 26 heavy (non-hydrogen) atoms. The number of nitrogens with zero attached hydrogens (tertiary/aromatic N) is 2. The second kappa shape index (κ2) is 7.88. The molecule has 138 valence electrons. The third-order valence-electron chi connectivity index (χ3n) is 4.63. The van der Waals surface area contributed by atoms with Crippen molar-refractivity contribution < 1.29 is 24.4 Å². The standard InChI is InChI=1S/C17H22BN3O5/c1-11-19-13-4-2-3-5-14(13)21(11)9-8-16(22)20-15-7-6-12(10-17(23)24)26-18(15)25/h2-5,12,15,25H,6-10H2,1H3,(H,20,22)(H,23,24). The minimum Gasteiger partial charge on any atom is -0.481 e. The van der Waals surface area contributed by atoms with Crippen LogP contribution in [0.3, 0.4) is 0 Å². The molecule has 0 saturated carbocycles. The number of hydrogen-bond donors (Lipinski definition) is 3. The van der Waals surface area contributed by atoms with Gasteiger partial charge in [0.15, 0.2) is 0 Å². The minimum absolute atomic E-state index is 0.148. The Balaban J connectivity index is 1.53. The summed E-state index contributed by atoms with van der Waals surface area (Å²) in [4.78, 5) is 27.4. The summed E-state index contributed by atoms with van der Waals surface area (Å²) in [6, 6.07) is 7.76. The maximum atomic E-state index is 12.3. The fourth-order valence-electron chi connectivity index (χ4n) is 3.33. The zero-order valence-corrected chi connectivity index (χ0v) is 14.6. The summed E-state index contributed by atoms with van der Waals surface area (Å²) in [6.07, 6.45) is 0.557. The van der Waals surface area contributed by atoms with E-state index in [1.165, 1.54) is 0 Å². The summed E-state index contributed by atoms with van der Waals surface area (Å²) < 4.78 is 7.27. The van der Waals surface area contributed by atoms with E-state index in [1.54, 1.807) is 0 Å². The Hall–Kier alpha value is -2.39. The summed E-state index contributed by atoms with van der Waals surface area (Å²) in [7, 11) is -1.19. The van der Waals surface area contributed by atoms with Gasteiger partial charge in [-0.2, -0.15) is 0 Å². The number of aliphatic carboxylic acids is 1. The van der Waals surface area contributed by atoms with Gasteiger partial charge in [0.25, 0.3) is 0 Å². The molecular formula is C17H22BN3O5. The maximum absolute atomic E-state index is 12.3. The van der Waals surface area contributed by atoms with Gasteiger partial charge in [-0.15, -0.1) is 0 Å². The zero-order chi connectivity index (χ0) is 18.7. The first-order chi connectivity index (χ1) is 12.4. The van der Waals surface area contributed by atoms with Crippen molar-refractivity contribution in [2.24, 2.45) is 0 Å². The number of hydrogen-bond acceptors (Lipinski definition) is 5. The van der Waals surface area contributed by atoms with E-state index >= 15 is 0 Å². The van der Waals surface area contributed by atoms with Gasteiger partial charge in [-0.3, -0.25) is 9.59 Å². The summed E-state index contributed by atoms with van der Waals surface area (Å²) in [5.41, 5.74) is 1.88. The number of carbonyl (C=O) groups excluding carboxylic acids is 1. The lowest BCUT2D eigenvalue weighted by Gasteiger charge is -2.30. The smallest absolute Gasteiger partial charge is 0.478 e. The quantitative estimate of drug-likeness (QED) is 0.661. The van der Waals surface area contributed by atoms with Gasteiger partial charge in [-0.25, -0.2) is 4.98 Å². The zero-order valence-electron chi connectivity index (χ0n) is 14.6. The van der Waals surface area contributed by atoms with Crippen LogP contribution in [0.25, 0.3) is 11.0 Å². The van der Waals surface area contributed by atoms with Crippen LogP contribution in [0, 0.1) is 6.92 Å². The van der Waals surface area contributed by atoms with Crippen LogP contribution < -0.4 is 5.32 Å². The predicted molar refractivity (Wildman–Crippen MR) is 95.4 cm³/mol. The highest BCUT2D eigenvalue weighted by atomic mass is 16.5. The van der Waals surface area contributed by atoms with Gasteiger partial charge >= 0.3 is 13.1 Å². The van der Waals surface area contributed by atoms with E-state index in [2.05, 4.69) is 10.3 Å². The molecule has 3 N–H and O–H groups in total. The highest BCUT2D eigenvalue weighted by Crippen LogP contribution is 2.19. The third kappa shape index (κ3) is 4.23. The van der Waals surface area contributed by atoms with Gasteiger partial charge in [0, 0.05) is 13.0 Å². The van der Waals surface area contributed by atoms with E-state index < -0.39 is 25.1 Å². The van der Waals surface area contributed by atoms with Crippen LogP contribution in [0.5, 0.6) is 0 Å². The van der Waals surface area contributed by atoms with Gasteiger partial charge in [0.05, 0.1) is 29.5 Å². The molecule has 2 aromatic rings. The lowest BCUT2D eigenvalue weighted by Crippen LogP contribution is -2.53. The van der Waals surface area contributed by atoms with E-state index in [0.29, 0.717) is 19.4 Å². The Labute approximate surface area is 151 Å². The van der Waals surface area contributed by atoms with Crippen molar-refractivity contribution in [3.8, 4) is 0 Å². The molecule has 0 aliphatic carbocycles. The van der Waals surface area contributed by atoms with Gasteiger partial charge in [-0.1, -0.05) is 12.1 Å². The number of nitrogens with one attached hydrogen (secondary N) is 1. The van der Waals surface area contributed by atoms with Crippen LogP contribution in [-0.2, 0) is 20.8 Å². The number of imidazole rings is 1. The molecule has 1 saturated heterocycles. The molecule has 0 spiro atoms.